The van der Waals surface area contributed by atoms with Gasteiger partial charge in [0.1, 0.15) is 6.61 Å². The molecule has 13 heavy (non-hydrogen) atoms. The number of hydrogen-bond donors (Lipinski definition) is 2. The molecule has 1 aromatic rings. The number of hydrazone groups is 1. The van der Waals surface area contributed by atoms with Crippen LogP contribution in [0.15, 0.2) is 20.3 Å². The van der Waals surface area contributed by atoms with E-state index >= 15 is 0 Å². The summed E-state index contributed by atoms with van der Waals surface area (Å²) in [6, 6.07) is 1.87. The van der Waals surface area contributed by atoms with Gasteiger partial charge in [0.25, 0.3) is 5.91 Å². The highest BCUT2D eigenvalue weighted by Crippen LogP contribution is 2.19. The van der Waals surface area contributed by atoms with Gasteiger partial charge in [-0.1, -0.05) is 0 Å². The lowest BCUT2D eigenvalue weighted by molar-refractivity contribution is -0.123. The molecule has 1 aromatic heterocycles. The molecule has 0 aliphatic carbocycles. The molecule has 0 saturated carbocycles. The van der Waals surface area contributed by atoms with Crippen molar-refractivity contribution in [3.63, 3.8) is 0 Å². The summed E-state index contributed by atoms with van der Waals surface area (Å²) in [6.07, 6.45) is 1.51. The summed E-state index contributed by atoms with van der Waals surface area (Å²) in [6.45, 7) is -0.551. The third kappa shape index (κ3) is 3.67. The van der Waals surface area contributed by atoms with Crippen LogP contribution in [0.4, 0.5) is 0 Å². The topological polar surface area (TPSA) is 61.7 Å². The molecule has 70 valence electrons. The predicted molar refractivity (Wildman–Crippen MR) is 54.8 cm³/mol. The molecule has 4 nitrogen and oxygen atoms in total. The van der Waals surface area contributed by atoms with Gasteiger partial charge in [0.15, 0.2) is 0 Å². The molecule has 0 aliphatic rings. The molecular weight excluding hydrogens is 256 g/mol. The van der Waals surface area contributed by atoms with Crippen molar-refractivity contribution >= 4 is 39.4 Å². The van der Waals surface area contributed by atoms with E-state index in [0.717, 1.165) is 9.35 Å². The number of hydrogen-bond acceptors (Lipinski definition) is 4. The summed E-state index contributed by atoms with van der Waals surface area (Å²) in [7, 11) is 0. The summed E-state index contributed by atoms with van der Waals surface area (Å²) in [5.74, 6) is -0.523. The van der Waals surface area contributed by atoms with Crippen LogP contribution in [0.25, 0.3) is 0 Å². The van der Waals surface area contributed by atoms with E-state index in [1.165, 1.54) is 17.6 Å². The number of aliphatic hydroxyl groups is 1. The number of nitrogens with one attached hydrogen (secondary N) is 1. The molecule has 0 unspecified atom stereocenters. The monoisotopic (exact) mass is 262 g/mol. The molecule has 2 N–H and O–H groups in total. The second-order valence-electron chi connectivity index (χ2n) is 2.14. The van der Waals surface area contributed by atoms with Crippen molar-refractivity contribution in [2.45, 2.75) is 0 Å². The van der Waals surface area contributed by atoms with Crippen LogP contribution in [0.1, 0.15) is 5.56 Å². The minimum Gasteiger partial charge on any atom is -0.386 e. The van der Waals surface area contributed by atoms with Crippen LogP contribution in [0.2, 0.25) is 0 Å². The molecular formula is C7H7BrN2O2S. The Morgan fingerprint density at radius 2 is 2.62 bits per heavy atom. The number of halogens is 1. The maximum absolute atomic E-state index is 10.5. The molecule has 0 spiro atoms. The summed E-state index contributed by atoms with van der Waals surface area (Å²) < 4.78 is 1.00. The van der Waals surface area contributed by atoms with E-state index in [1.807, 2.05) is 11.4 Å². The van der Waals surface area contributed by atoms with Gasteiger partial charge in [-0.2, -0.15) is 5.10 Å². The minimum absolute atomic E-state index is 0.523. The second-order valence-corrected chi connectivity index (χ2v) is 4.43. The normalized spacial score (nSPS) is 10.6. The number of carbonyl (C=O) groups excluding carboxylic acids is 1. The maximum atomic E-state index is 10.5. The van der Waals surface area contributed by atoms with Gasteiger partial charge in [0, 0.05) is 10.9 Å². The van der Waals surface area contributed by atoms with Crippen LogP contribution in [0.5, 0.6) is 0 Å². The summed E-state index contributed by atoms with van der Waals surface area (Å²) in [5, 5.41) is 13.9. The van der Waals surface area contributed by atoms with Gasteiger partial charge >= 0.3 is 0 Å². The van der Waals surface area contributed by atoms with E-state index in [2.05, 4.69) is 26.5 Å². The van der Waals surface area contributed by atoms with E-state index < -0.39 is 12.5 Å². The van der Waals surface area contributed by atoms with Crippen molar-refractivity contribution in [3.05, 3.63) is 20.8 Å². The number of carbonyl (C=O) groups is 1. The Morgan fingerprint density at radius 1 is 1.85 bits per heavy atom. The lowest BCUT2D eigenvalue weighted by Gasteiger charge is -1.91. The van der Waals surface area contributed by atoms with Gasteiger partial charge in [-0.15, -0.1) is 11.3 Å². The van der Waals surface area contributed by atoms with Crippen LogP contribution < -0.4 is 5.43 Å². The quantitative estimate of drug-likeness (QED) is 0.630. The Morgan fingerprint density at radius 3 is 3.15 bits per heavy atom. The maximum Gasteiger partial charge on any atom is 0.265 e. The molecule has 1 rings (SSSR count). The van der Waals surface area contributed by atoms with E-state index in [4.69, 9.17) is 5.11 Å². The Labute approximate surface area is 87.4 Å². The molecule has 0 bridgehead atoms. The lowest BCUT2D eigenvalue weighted by atomic mass is 10.4. The van der Waals surface area contributed by atoms with E-state index in [9.17, 15) is 4.79 Å². The van der Waals surface area contributed by atoms with Crippen LogP contribution in [0, 0.1) is 0 Å². The molecule has 6 heteroatoms. The first-order valence-corrected chi connectivity index (χ1v) is 5.06. The highest BCUT2D eigenvalue weighted by atomic mass is 79.9. The Kier molecular flexibility index (Phi) is 4.07. The number of nitrogens with zero attached hydrogens (tertiary/aromatic N) is 1. The molecule has 0 aliphatic heterocycles. The van der Waals surface area contributed by atoms with Crippen molar-refractivity contribution in [1.82, 2.24) is 5.43 Å². The van der Waals surface area contributed by atoms with Crippen molar-refractivity contribution in [3.8, 4) is 0 Å². The summed E-state index contributed by atoms with van der Waals surface area (Å²) in [5.41, 5.74) is 3.06. The third-order valence-corrected chi connectivity index (χ3v) is 2.66. The van der Waals surface area contributed by atoms with Crippen LogP contribution >= 0.6 is 27.3 Å². The average molecular weight is 263 g/mol. The van der Waals surface area contributed by atoms with Crippen LogP contribution in [0.3, 0.4) is 0 Å². The van der Waals surface area contributed by atoms with Crippen molar-refractivity contribution < 1.29 is 9.90 Å². The molecule has 0 aromatic carbocycles. The molecule has 1 heterocycles. The zero-order valence-corrected chi connectivity index (χ0v) is 8.93. The van der Waals surface area contributed by atoms with Crippen molar-refractivity contribution in [1.29, 1.82) is 0 Å². The van der Waals surface area contributed by atoms with Crippen molar-refractivity contribution in [2.75, 3.05) is 6.61 Å². The molecule has 0 atom stereocenters. The Hall–Kier alpha value is -0.720. The van der Waals surface area contributed by atoms with Gasteiger partial charge in [0.05, 0.1) is 10.0 Å². The lowest BCUT2D eigenvalue weighted by Crippen LogP contribution is -2.20. The SMILES string of the molecule is O=C(CO)N/N=C/c1csc(Br)c1. The fourth-order valence-electron chi connectivity index (χ4n) is 0.605. The van der Waals surface area contributed by atoms with Crippen LogP contribution in [-0.4, -0.2) is 23.8 Å². The smallest absolute Gasteiger partial charge is 0.265 e. The Balaban J connectivity index is 2.45. The van der Waals surface area contributed by atoms with E-state index in [1.54, 1.807) is 0 Å². The number of rotatable bonds is 3. The molecule has 0 fully saturated rings. The number of amides is 1. The minimum atomic E-state index is -0.551. The summed E-state index contributed by atoms with van der Waals surface area (Å²) >= 11 is 4.83. The highest BCUT2D eigenvalue weighted by molar-refractivity contribution is 9.11. The standard InChI is InChI=1S/C7H7BrN2O2S/c8-6-1-5(4-13-6)2-9-10-7(12)3-11/h1-2,4,11H,3H2,(H,10,12)/b9-2+. The van der Waals surface area contributed by atoms with Gasteiger partial charge in [-0.05, 0) is 22.0 Å². The van der Waals surface area contributed by atoms with Gasteiger partial charge < -0.3 is 5.11 Å². The average Bonchev–Trinajstić information content (AvgIpc) is 2.51. The predicted octanol–water partition coefficient (Wildman–Crippen LogP) is 0.953. The first-order valence-electron chi connectivity index (χ1n) is 3.39. The summed E-state index contributed by atoms with van der Waals surface area (Å²) in [4.78, 5) is 10.5. The number of aliphatic hydroxyl groups excluding tert-OH is 1. The molecule has 1 amide bonds. The van der Waals surface area contributed by atoms with Gasteiger partial charge in [-0.25, -0.2) is 5.43 Å². The number of thiophene rings is 1. The second kappa shape index (κ2) is 5.11. The zero-order chi connectivity index (χ0) is 9.68. The first-order chi connectivity index (χ1) is 6.22. The van der Waals surface area contributed by atoms with E-state index in [-0.39, 0.29) is 0 Å². The third-order valence-electron chi connectivity index (χ3n) is 1.13. The molecule has 0 radical (unpaired) electrons. The van der Waals surface area contributed by atoms with E-state index in [0.29, 0.717) is 0 Å². The highest BCUT2D eigenvalue weighted by Gasteiger charge is 1.94. The fourth-order valence-corrected chi connectivity index (χ4v) is 1.73. The Bertz CT molecular complexity index is 324. The zero-order valence-electron chi connectivity index (χ0n) is 6.53. The van der Waals surface area contributed by atoms with Crippen LogP contribution in [-0.2, 0) is 4.79 Å². The van der Waals surface area contributed by atoms with Gasteiger partial charge in [-0.3, -0.25) is 4.79 Å². The van der Waals surface area contributed by atoms with Gasteiger partial charge in [0.2, 0.25) is 0 Å². The molecule has 0 saturated heterocycles. The first kappa shape index (κ1) is 10.4. The van der Waals surface area contributed by atoms with Crippen molar-refractivity contribution in [2.24, 2.45) is 5.10 Å². The largest absolute Gasteiger partial charge is 0.386 e. The fraction of sp³-hybridized carbons (Fsp3) is 0.143.